The predicted octanol–water partition coefficient (Wildman–Crippen LogP) is 0.358. The third-order valence-corrected chi connectivity index (χ3v) is 6.83. The minimum Gasteiger partial charge on any atom is -0.379 e. The molecular formula is C16H22N6O4S. The molecule has 0 radical (unpaired) electrons. The minimum absolute atomic E-state index is 0.143. The van der Waals surface area contributed by atoms with Crippen molar-refractivity contribution in [2.75, 3.05) is 39.4 Å². The summed E-state index contributed by atoms with van der Waals surface area (Å²) < 4.78 is 39.4. The van der Waals surface area contributed by atoms with Crippen molar-refractivity contribution in [2.24, 2.45) is 5.92 Å². The third kappa shape index (κ3) is 4.15. The first-order valence-corrected chi connectivity index (χ1v) is 10.4. The Morgan fingerprint density at radius 1 is 1.15 bits per heavy atom. The number of morpholine rings is 1. The Hall–Kier alpha value is -1.95. The van der Waals surface area contributed by atoms with Crippen molar-refractivity contribution in [3.63, 3.8) is 0 Å². The first kappa shape index (κ1) is 18.4. The summed E-state index contributed by atoms with van der Waals surface area (Å²) in [5.74, 6) is 1.03. The SMILES string of the molecule is O=S(=O)(N1CCOCC1)N1CCCC(Cc2nc(-c3cnccn3)no2)C1. The van der Waals surface area contributed by atoms with Gasteiger partial charge in [-0.15, -0.1) is 0 Å². The summed E-state index contributed by atoms with van der Waals surface area (Å²) in [7, 11) is -3.45. The van der Waals surface area contributed by atoms with E-state index in [-0.39, 0.29) is 5.92 Å². The summed E-state index contributed by atoms with van der Waals surface area (Å²) >= 11 is 0. The van der Waals surface area contributed by atoms with E-state index in [4.69, 9.17) is 9.26 Å². The molecule has 0 spiro atoms. The number of nitrogens with zero attached hydrogens (tertiary/aromatic N) is 6. The van der Waals surface area contributed by atoms with Crippen molar-refractivity contribution in [1.82, 2.24) is 28.7 Å². The quantitative estimate of drug-likeness (QED) is 0.714. The van der Waals surface area contributed by atoms with Crippen LogP contribution < -0.4 is 0 Å². The molecule has 0 aliphatic carbocycles. The summed E-state index contributed by atoms with van der Waals surface area (Å²) in [6, 6.07) is 0. The summed E-state index contributed by atoms with van der Waals surface area (Å²) in [6.07, 6.45) is 7.02. The first-order valence-electron chi connectivity index (χ1n) is 9.05. The number of hydrogen-bond acceptors (Lipinski definition) is 8. The Morgan fingerprint density at radius 3 is 2.78 bits per heavy atom. The number of piperidine rings is 1. The lowest BCUT2D eigenvalue weighted by molar-refractivity contribution is 0.0690. The Labute approximate surface area is 157 Å². The average molecular weight is 394 g/mol. The Balaban J connectivity index is 1.41. The van der Waals surface area contributed by atoms with Gasteiger partial charge in [-0.25, -0.2) is 4.98 Å². The molecule has 2 aliphatic heterocycles. The Bertz CT molecular complexity index is 853. The van der Waals surface area contributed by atoms with Crippen LogP contribution in [0, 0.1) is 5.92 Å². The van der Waals surface area contributed by atoms with E-state index in [1.807, 2.05) is 0 Å². The fourth-order valence-corrected chi connectivity index (χ4v) is 5.14. The maximum atomic E-state index is 12.9. The molecule has 0 aromatic carbocycles. The second-order valence-corrected chi connectivity index (χ2v) is 8.62. The molecule has 1 unspecified atom stereocenters. The zero-order valence-corrected chi connectivity index (χ0v) is 15.7. The highest BCUT2D eigenvalue weighted by Crippen LogP contribution is 2.25. The molecule has 2 aromatic rings. The van der Waals surface area contributed by atoms with Crippen LogP contribution in [-0.4, -0.2) is 76.5 Å². The lowest BCUT2D eigenvalue weighted by Gasteiger charge is -2.36. The van der Waals surface area contributed by atoms with E-state index in [0.29, 0.717) is 63.2 Å². The highest BCUT2D eigenvalue weighted by Gasteiger charge is 2.35. The minimum atomic E-state index is -3.45. The van der Waals surface area contributed by atoms with Crippen LogP contribution in [0.4, 0.5) is 0 Å². The molecule has 27 heavy (non-hydrogen) atoms. The van der Waals surface area contributed by atoms with Gasteiger partial charge in [0, 0.05) is 45.0 Å². The largest absolute Gasteiger partial charge is 0.379 e. The maximum Gasteiger partial charge on any atom is 0.282 e. The van der Waals surface area contributed by atoms with Gasteiger partial charge in [-0.2, -0.15) is 22.0 Å². The predicted molar refractivity (Wildman–Crippen MR) is 94.6 cm³/mol. The van der Waals surface area contributed by atoms with Gasteiger partial charge in [0.25, 0.3) is 10.2 Å². The highest BCUT2D eigenvalue weighted by molar-refractivity contribution is 7.86. The highest BCUT2D eigenvalue weighted by atomic mass is 32.2. The Morgan fingerprint density at radius 2 is 2.00 bits per heavy atom. The van der Waals surface area contributed by atoms with Gasteiger partial charge in [0.2, 0.25) is 11.7 Å². The lowest BCUT2D eigenvalue weighted by Crippen LogP contribution is -2.51. The molecule has 0 amide bonds. The van der Waals surface area contributed by atoms with Crippen LogP contribution in [0.1, 0.15) is 18.7 Å². The number of hydrogen-bond donors (Lipinski definition) is 0. The van der Waals surface area contributed by atoms with Gasteiger partial charge < -0.3 is 9.26 Å². The zero-order valence-electron chi connectivity index (χ0n) is 14.9. The topological polar surface area (TPSA) is 115 Å². The van der Waals surface area contributed by atoms with Crippen LogP contribution in [0.25, 0.3) is 11.5 Å². The zero-order chi connectivity index (χ0) is 18.7. The van der Waals surface area contributed by atoms with Crippen molar-refractivity contribution >= 4 is 10.2 Å². The third-order valence-electron chi connectivity index (χ3n) is 4.83. The van der Waals surface area contributed by atoms with E-state index < -0.39 is 10.2 Å². The van der Waals surface area contributed by atoms with Crippen molar-refractivity contribution in [3.05, 3.63) is 24.5 Å². The second-order valence-electron chi connectivity index (χ2n) is 6.69. The van der Waals surface area contributed by atoms with E-state index in [0.717, 1.165) is 12.8 Å². The summed E-state index contributed by atoms with van der Waals surface area (Å²) in [4.78, 5) is 12.5. The molecule has 1 atom stereocenters. The van der Waals surface area contributed by atoms with Crippen molar-refractivity contribution in [2.45, 2.75) is 19.3 Å². The monoisotopic (exact) mass is 394 g/mol. The van der Waals surface area contributed by atoms with Crippen molar-refractivity contribution in [1.29, 1.82) is 0 Å². The maximum absolute atomic E-state index is 12.9. The molecule has 2 aromatic heterocycles. The van der Waals surface area contributed by atoms with Crippen molar-refractivity contribution < 1.29 is 17.7 Å². The normalized spacial score (nSPS) is 22.7. The second kappa shape index (κ2) is 7.97. The van der Waals surface area contributed by atoms with Crippen LogP contribution in [0.2, 0.25) is 0 Å². The summed E-state index contributed by atoms with van der Waals surface area (Å²) in [6.45, 7) is 2.73. The van der Waals surface area contributed by atoms with Crippen LogP contribution in [0.3, 0.4) is 0 Å². The first-order chi connectivity index (χ1) is 13.1. The van der Waals surface area contributed by atoms with Gasteiger partial charge in [-0.05, 0) is 18.8 Å². The number of rotatable bonds is 5. The van der Waals surface area contributed by atoms with Crippen LogP contribution in [0.15, 0.2) is 23.1 Å². The molecular weight excluding hydrogens is 372 g/mol. The molecule has 0 N–H and O–H groups in total. The molecule has 2 aliphatic rings. The average Bonchev–Trinajstić information content (AvgIpc) is 3.18. The van der Waals surface area contributed by atoms with Crippen LogP contribution >= 0.6 is 0 Å². The molecule has 11 heteroatoms. The number of ether oxygens (including phenoxy) is 1. The van der Waals surface area contributed by atoms with Crippen LogP contribution in [0.5, 0.6) is 0 Å². The van der Waals surface area contributed by atoms with Gasteiger partial charge in [0.05, 0.1) is 19.4 Å². The molecule has 4 rings (SSSR count). The molecule has 0 bridgehead atoms. The fraction of sp³-hybridized carbons (Fsp3) is 0.625. The van der Waals surface area contributed by atoms with Gasteiger partial charge in [0.15, 0.2) is 0 Å². The van der Waals surface area contributed by atoms with Gasteiger partial charge in [-0.1, -0.05) is 5.16 Å². The van der Waals surface area contributed by atoms with Crippen LogP contribution in [-0.2, 0) is 21.4 Å². The number of aromatic nitrogens is 4. The molecule has 2 saturated heterocycles. The molecule has 146 valence electrons. The van der Waals surface area contributed by atoms with Crippen molar-refractivity contribution in [3.8, 4) is 11.5 Å². The van der Waals surface area contributed by atoms with E-state index in [2.05, 4.69) is 20.1 Å². The van der Waals surface area contributed by atoms with E-state index >= 15 is 0 Å². The molecule has 2 fully saturated rings. The van der Waals surface area contributed by atoms with Gasteiger partial charge >= 0.3 is 0 Å². The van der Waals surface area contributed by atoms with E-state index in [1.54, 1.807) is 22.9 Å². The summed E-state index contributed by atoms with van der Waals surface area (Å²) in [5.41, 5.74) is 0.549. The Kier molecular flexibility index (Phi) is 5.43. The molecule has 0 saturated carbocycles. The van der Waals surface area contributed by atoms with Gasteiger partial charge in [-0.3, -0.25) is 4.98 Å². The summed E-state index contributed by atoms with van der Waals surface area (Å²) in [5, 5.41) is 3.95. The van der Waals surface area contributed by atoms with E-state index in [1.165, 1.54) is 4.31 Å². The standard InChI is InChI=1S/C16H22N6O4S/c23-27(24,21-6-8-25-9-7-21)22-5-1-2-13(12-22)10-15-19-16(20-26-15)14-11-17-3-4-18-14/h3-4,11,13H,1-2,5-10,12H2. The molecule has 4 heterocycles. The lowest BCUT2D eigenvalue weighted by atomic mass is 9.96. The molecule has 10 nitrogen and oxygen atoms in total. The fourth-order valence-electron chi connectivity index (χ4n) is 3.45. The smallest absolute Gasteiger partial charge is 0.282 e. The van der Waals surface area contributed by atoms with Gasteiger partial charge in [0.1, 0.15) is 5.69 Å². The van der Waals surface area contributed by atoms with E-state index in [9.17, 15) is 8.42 Å².